The van der Waals surface area contributed by atoms with Gasteiger partial charge in [-0.15, -0.1) is 0 Å². The first-order chi connectivity index (χ1) is 18.4. The van der Waals surface area contributed by atoms with Gasteiger partial charge in [0.05, 0.1) is 126 Å². The smallest absolute Gasteiger partial charge is 0.0701 e. The Bertz CT molecular complexity index is 362. The highest BCUT2D eigenvalue weighted by molar-refractivity contribution is 4.41. The molecule has 0 aromatic carbocycles. The number of nitrogens with two attached hydrogens (primary N) is 1. The highest BCUT2D eigenvalue weighted by Crippen LogP contribution is 1.98. The molecule has 0 aliphatic heterocycles. The first-order valence-corrected chi connectivity index (χ1v) is 13.9. The van der Waals surface area contributed by atoms with Crippen LogP contribution in [-0.4, -0.2) is 139 Å². The van der Waals surface area contributed by atoms with Gasteiger partial charge in [0.25, 0.3) is 0 Å². The molecule has 0 rings (SSSR count). The summed E-state index contributed by atoms with van der Waals surface area (Å²) in [5.74, 6) is 0. The highest BCUT2D eigenvalue weighted by atomic mass is 16.6. The van der Waals surface area contributed by atoms with Crippen molar-refractivity contribution < 1.29 is 47.4 Å². The summed E-state index contributed by atoms with van der Waals surface area (Å²) >= 11 is 0. The number of rotatable bonds is 34. The Kier molecular flexibility index (Phi) is 35.1. The molecule has 2 N–H and O–H groups in total. The van der Waals surface area contributed by atoms with Gasteiger partial charge in [-0.1, -0.05) is 26.2 Å². The molecule has 0 fully saturated rings. The van der Waals surface area contributed by atoms with Crippen LogP contribution in [0.2, 0.25) is 0 Å². The zero-order chi connectivity index (χ0) is 26.7. The van der Waals surface area contributed by atoms with Crippen LogP contribution >= 0.6 is 0 Å². The molecule has 0 spiro atoms. The highest BCUT2D eigenvalue weighted by Gasteiger charge is 1.96. The predicted octanol–water partition coefficient (Wildman–Crippen LogP) is 1.69. The maximum absolute atomic E-state index is 5.52. The SMILES string of the molecule is CCCCCCOCCOCCOCCOCCOCCOCCOCCOCCOCCOCCN. The van der Waals surface area contributed by atoms with Crippen LogP contribution in [0, 0.1) is 0 Å². The summed E-state index contributed by atoms with van der Waals surface area (Å²) in [5, 5.41) is 0. The van der Waals surface area contributed by atoms with E-state index in [0.29, 0.717) is 132 Å². The second-order valence-electron chi connectivity index (χ2n) is 7.97. The zero-order valence-corrected chi connectivity index (χ0v) is 23.3. The standard InChI is InChI=1S/C26H55NO10/c1-2-3-4-5-7-28-9-11-30-13-15-32-17-19-34-21-23-36-25-26-37-24-22-35-20-18-33-16-14-31-12-10-29-8-6-27/h2-27H2,1H3. The molecule has 0 radical (unpaired) electrons. The van der Waals surface area contributed by atoms with Gasteiger partial charge in [0.1, 0.15) is 0 Å². The van der Waals surface area contributed by atoms with Gasteiger partial charge >= 0.3 is 0 Å². The third-order valence-electron chi connectivity index (χ3n) is 4.75. The minimum Gasteiger partial charge on any atom is -0.379 e. The second-order valence-corrected chi connectivity index (χ2v) is 7.97. The van der Waals surface area contributed by atoms with Crippen LogP contribution in [0.25, 0.3) is 0 Å². The predicted molar refractivity (Wildman–Crippen MR) is 141 cm³/mol. The van der Waals surface area contributed by atoms with Crippen LogP contribution in [0.5, 0.6) is 0 Å². The van der Waals surface area contributed by atoms with E-state index >= 15 is 0 Å². The molecule has 0 amide bonds. The lowest BCUT2D eigenvalue weighted by Gasteiger charge is -2.09. The molecule has 11 nitrogen and oxygen atoms in total. The van der Waals surface area contributed by atoms with Crippen molar-refractivity contribution in [3.05, 3.63) is 0 Å². The Balaban J connectivity index is 3.00. The van der Waals surface area contributed by atoms with E-state index in [1.165, 1.54) is 19.3 Å². The van der Waals surface area contributed by atoms with Gasteiger partial charge in [-0.2, -0.15) is 0 Å². The van der Waals surface area contributed by atoms with Gasteiger partial charge in [-0.05, 0) is 6.42 Å². The Morgan fingerprint density at radius 2 is 0.541 bits per heavy atom. The summed E-state index contributed by atoms with van der Waals surface area (Å²) in [5.41, 5.74) is 5.32. The Morgan fingerprint density at radius 1 is 0.297 bits per heavy atom. The molecule has 0 unspecified atom stereocenters. The van der Waals surface area contributed by atoms with Gasteiger partial charge in [-0.25, -0.2) is 0 Å². The van der Waals surface area contributed by atoms with Crippen molar-refractivity contribution in [1.82, 2.24) is 0 Å². The fraction of sp³-hybridized carbons (Fsp3) is 1.00. The number of unbranched alkanes of at least 4 members (excludes halogenated alkanes) is 3. The van der Waals surface area contributed by atoms with Gasteiger partial charge in [0, 0.05) is 13.2 Å². The Morgan fingerprint density at radius 3 is 0.784 bits per heavy atom. The van der Waals surface area contributed by atoms with E-state index in [2.05, 4.69) is 6.92 Å². The van der Waals surface area contributed by atoms with Crippen LogP contribution in [0.4, 0.5) is 0 Å². The van der Waals surface area contributed by atoms with Gasteiger partial charge < -0.3 is 53.1 Å². The van der Waals surface area contributed by atoms with Gasteiger partial charge in [0.2, 0.25) is 0 Å². The minimum absolute atomic E-state index is 0.527. The summed E-state index contributed by atoms with van der Waals surface area (Å²) < 4.78 is 54.2. The molecular weight excluding hydrogens is 486 g/mol. The molecule has 0 heterocycles. The molecule has 0 saturated heterocycles. The summed E-state index contributed by atoms with van der Waals surface area (Å²) in [6.45, 7) is 14.0. The van der Waals surface area contributed by atoms with E-state index in [1.54, 1.807) is 0 Å². The lowest BCUT2D eigenvalue weighted by atomic mass is 10.2. The first-order valence-electron chi connectivity index (χ1n) is 13.9. The van der Waals surface area contributed by atoms with Crippen LogP contribution < -0.4 is 5.73 Å². The molecule has 0 aromatic rings. The molecule has 0 bridgehead atoms. The van der Waals surface area contributed by atoms with E-state index in [9.17, 15) is 0 Å². The number of hydrogen-bond acceptors (Lipinski definition) is 11. The maximum Gasteiger partial charge on any atom is 0.0701 e. The van der Waals surface area contributed by atoms with Crippen molar-refractivity contribution in [2.24, 2.45) is 5.73 Å². The molecule has 0 aliphatic carbocycles. The van der Waals surface area contributed by atoms with E-state index in [-0.39, 0.29) is 0 Å². The number of ether oxygens (including phenoxy) is 10. The van der Waals surface area contributed by atoms with E-state index in [4.69, 9.17) is 53.1 Å². The van der Waals surface area contributed by atoms with E-state index in [1.807, 2.05) is 0 Å². The van der Waals surface area contributed by atoms with Crippen molar-refractivity contribution >= 4 is 0 Å². The van der Waals surface area contributed by atoms with Gasteiger partial charge in [0.15, 0.2) is 0 Å². The Labute approximate surface area is 224 Å². The monoisotopic (exact) mass is 541 g/mol. The Hall–Kier alpha value is -0.440. The van der Waals surface area contributed by atoms with Crippen LogP contribution in [-0.2, 0) is 47.4 Å². The van der Waals surface area contributed by atoms with Gasteiger partial charge in [-0.3, -0.25) is 0 Å². The summed E-state index contributed by atoms with van der Waals surface area (Å²) in [4.78, 5) is 0. The summed E-state index contributed by atoms with van der Waals surface area (Å²) in [6.07, 6.45) is 4.91. The van der Waals surface area contributed by atoms with Crippen molar-refractivity contribution in [1.29, 1.82) is 0 Å². The second kappa shape index (κ2) is 35.6. The fourth-order valence-electron chi connectivity index (χ4n) is 2.80. The summed E-state index contributed by atoms with van der Waals surface area (Å²) in [7, 11) is 0. The number of hydrogen-bond donors (Lipinski definition) is 1. The zero-order valence-electron chi connectivity index (χ0n) is 23.3. The average molecular weight is 542 g/mol. The third-order valence-corrected chi connectivity index (χ3v) is 4.75. The third kappa shape index (κ3) is 35.6. The van der Waals surface area contributed by atoms with E-state index in [0.717, 1.165) is 13.0 Å². The molecule has 11 heteroatoms. The lowest BCUT2D eigenvalue weighted by Crippen LogP contribution is -2.15. The van der Waals surface area contributed by atoms with Crippen LogP contribution in [0.15, 0.2) is 0 Å². The molecule has 0 aromatic heterocycles. The lowest BCUT2D eigenvalue weighted by molar-refractivity contribution is -0.0263. The molecule has 37 heavy (non-hydrogen) atoms. The molecular formula is C26H55NO10. The maximum atomic E-state index is 5.52. The average Bonchev–Trinajstić information content (AvgIpc) is 2.91. The molecule has 0 aliphatic rings. The first kappa shape index (κ1) is 36.6. The fourth-order valence-corrected chi connectivity index (χ4v) is 2.80. The topological polar surface area (TPSA) is 118 Å². The van der Waals surface area contributed by atoms with Crippen molar-refractivity contribution in [3.8, 4) is 0 Å². The summed E-state index contributed by atoms with van der Waals surface area (Å²) in [6, 6.07) is 0. The van der Waals surface area contributed by atoms with Crippen molar-refractivity contribution in [2.45, 2.75) is 32.6 Å². The minimum atomic E-state index is 0.527. The normalized spacial score (nSPS) is 11.5. The molecule has 224 valence electrons. The largest absolute Gasteiger partial charge is 0.379 e. The van der Waals surface area contributed by atoms with E-state index < -0.39 is 0 Å². The van der Waals surface area contributed by atoms with Crippen LogP contribution in [0.1, 0.15) is 32.6 Å². The molecule has 0 saturated carbocycles. The van der Waals surface area contributed by atoms with Crippen molar-refractivity contribution in [3.63, 3.8) is 0 Å². The van der Waals surface area contributed by atoms with Crippen molar-refractivity contribution in [2.75, 3.05) is 139 Å². The van der Waals surface area contributed by atoms with Crippen LogP contribution in [0.3, 0.4) is 0 Å². The quantitative estimate of drug-likeness (QED) is 0.120. The molecule has 0 atom stereocenters.